The monoisotopic (exact) mass is 264 g/mol. The predicted octanol–water partition coefficient (Wildman–Crippen LogP) is 1.11. The molecular weight excluding hydrogens is 247 g/mol. The van der Waals surface area contributed by atoms with E-state index in [1.165, 1.54) is 6.07 Å². The number of amides is 2. The molecule has 1 N–H and O–H groups in total. The van der Waals surface area contributed by atoms with Gasteiger partial charge in [0.25, 0.3) is 0 Å². The first-order chi connectivity index (χ1) is 9.08. The van der Waals surface area contributed by atoms with Gasteiger partial charge >= 0.3 is 0 Å². The van der Waals surface area contributed by atoms with Gasteiger partial charge in [-0.1, -0.05) is 18.2 Å². The zero-order valence-electron chi connectivity index (χ0n) is 10.9. The van der Waals surface area contributed by atoms with Gasteiger partial charge in [-0.3, -0.25) is 9.59 Å². The number of halogens is 1. The molecular formula is C14H17FN2O2. The Labute approximate surface area is 111 Å². The first-order valence-corrected chi connectivity index (χ1v) is 6.39. The van der Waals surface area contributed by atoms with Crippen molar-refractivity contribution < 1.29 is 14.0 Å². The Morgan fingerprint density at radius 2 is 2.11 bits per heavy atom. The summed E-state index contributed by atoms with van der Waals surface area (Å²) in [4.78, 5) is 25.0. The summed E-state index contributed by atoms with van der Waals surface area (Å²) in [5.74, 6) is -0.483. The summed E-state index contributed by atoms with van der Waals surface area (Å²) in [5, 5.41) is 2.63. The first kappa shape index (κ1) is 13.5. The van der Waals surface area contributed by atoms with Gasteiger partial charge in [-0.2, -0.15) is 0 Å². The molecule has 1 atom stereocenters. The van der Waals surface area contributed by atoms with Crippen LogP contribution in [-0.4, -0.2) is 35.8 Å². The molecule has 0 radical (unpaired) electrons. The predicted molar refractivity (Wildman–Crippen MR) is 68.9 cm³/mol. The van der Waals surface area contributed by atoms with Crippen molar-refractivity contribution in [2.24, 2.45) is 0 Å². The fourth-order valence-electron chi connectivity index (χ4n) is 2.17. The lowest BCUT2D eigenvalue weighted by Gasteiger charge is -2.22. The Hall–Kier alpha value is -1.91. The van der Waals surface area contributed by atoms with Crippen LogP contribution < -0.4 is 5.32 Å². The maximum absolute atomic E-state index is 13.5. The first-order valence-electron chi connectivity index (χ1n) is 6.39. The number of carbonyl (C=O) groups excluding carboxylic acids is 2. The second-order valence-electron chi connectivity index (χ2n) is 4.71. The van der Waals surface area contributed by atoms with E-state index in [-0.39, 0.29) is 17.6 Å². The third kappa shape index (κ3) is 3.30. The minimum Gasteiger partial charge on any atom is -0.345 e. The summed E-state index contributed by atoms with van der Waals surface area (Å²) in [5.41, 5.74) is 0.589. The molecule has 1 fully saturated rings. The van der Waals surface area contributed by atoms with Crippen molar-refractivity contribution in [3.8, 4) is 0 Å². The van der Waals surface area contributed by atoms with Crippen molar-refractivity contribution in [3.63, 3.8) is 0 Å². The molecule has 5 heteroatoms. The van der Waals surface area contributed by atoms with Gasteiger partial charge in [-0.15, -0.1) is 0 Å². The van der Waals surface area contributed by atoms with E-state index in [1.807, 2.05) is 0 Å². The van der Waals surface area contributed by atoms with E-state index in [0.29, 0.717) is 31.5 Å². The smallest absolute Gasteiger partial charge is 0.244 e. The van der Waals surface area contributed by atoms with Crippen LogP contribution in [0, 0.1) is 5.82 Å². The van der Waals surface area contributed by atoms with Gasteiger partial charge in [0.2, 0.25) is 11.8 Å². The molecule has 0 saturated carbocycles. The lowest BCUT2D eigenvalue weighted by atomic mass is 10.1. The lowest BCUT2D eigenvalue weighted by molar-refractivity contribution is -0.133. The molecule has 1 unspecified atom stereocenters. The summed E-state index contributed by atoms with van der Waals surface area (Å²) < 4.78 is 13.5. The van der Waals surface area contributed by atoms with Crippen molar-refractivity contribution in [1.82, 2.24) is 10.2 Å². The van der Waals surface area contributed by atoms with E-state index < -0.39 is 6.04 Å². The molecule has 0 aliphatic carbocycles. The number of nitrogens with one attached hydrogen (secondary N) is 1. The molecule has 1 aromatic rings. The zero-order valence-corrected chi connectivity index (χ0v) is 10.9. The van der Waals surface area contributed by atoms with Crippen LogP contribution in [0.5, 0.6) is 0 Å². The summed E-state index contributed by atoms with van der Waals surface area (Å²) in [6.07, 6.45) is 0.757. The van der Waals surface area contributed by atoms with Crippen molar-refractivity contribution >= 4 is 11.8 Å². The fourth-order valence-corrected chi connectivity index (χ4v) is 2.17. The van der Waals surface area contributed by atoms with Crippen LogP contribution in [0.25, 0.3) is 0 Å². The van der Waals surface area contributed by atoms with E-state index in [0.717, 1.165) is 0 Å². The molecule has 19 heavy (non-hydrogen) atoms. The summed E-state index contributed by atoms with van der Waals surface area (Å²) in [6.45, 7) is 2.49. The van der Waals surface area contributed by atoms with Crippen molar-refractivity contribution in [2.75, 3.05) is 13.1 Å². The highest BCUT2D eigenvalue weighted by atomic mass is 19.1. The van der Waals surface area contributed by atoms with E-state index in [1.54, 1.807) is 30.0 Å². The average molecular weight is 264 g/mol. The van der Waals surface area contributed by atoms with Crippen molar-refractivity contribution in [1.29, 1.82) is 0 Å². The Bertz CT molecular complexity index is 490. The van der Waals surface area contributed by atoms with Gasteiger partial charge in [0.15, 0.2) is 0 Å². The Morgan fingerprint density at radius 1 is 1.37 bits per heavy atom. The second-order valence-corrected chi connectivity index (χ2v) is 4.71. The van der Waals surface area contributed by atoms with Crippen LogP contribution in [-0.2, 0) is 16.0 Å². The van der Waals surface area contributed by atoms with Crippen LogP contribution in [0.15, 0.2) is 24.3 Å². The minimum absolute atomic E-state index is 0.109. The summed E-state index contributed by atoms with van der Waals surface area (Å²) in [7, 11) is 0. The highest BCUT2D eigenvalue weighted by Crippen LogP contribution is 2.10. The highest BCUT2D eigenvalue weighted by molar-refractivity contribution is 5.89. The summed E-state index contributed by atoms with van der Waals surface area (Å²) in [6, 6.07) is 6.03. The SMILES string of the molecule is CC1NC(=O)CCN(CCc2ccccc2F)C1=O. The number of hydrogen-bond donors (Lipinski definition) is 1. The Morgan fingerprint density at radius 3 is 2.84 bits per heavy atom. The third-order valence-corrected chi connectivity index (χ3v) is 3.28. The number of nitrogens with zero attached hydrogens (tertiary/aromatic N) is 1. The van der Waals surface area contributed by atoms with Crippen molar-refractivity contribution in [2.45, 2.75) is 25.8 Å². The Balaban J connectivity index is 2.00. The third-order valence-electron chi connectivity index (χ3n) is 3.28. The van der Waals surface area contributed by atoms with E-state index in [9.17, 15) is 14.0 Å². The molecule has 2 amide bonds. The molecule has 1 aromatic carbocycles. The van der Waals surface area contributed by atoms with Crippen LogP contribution in [0.2, 0.25) is 0 Å². The zero-order chi connectivity index (χ0) is 13.8. The van der Waals surface area contributed by atoms with Crippen LogP contribution in [0.3, 0.4) is 0 Å². The molecule has 2 rings (SSSR count). The van der Waals surface area contributed by atoms with Gasteiger partial charge in [-0.05, 0) is 25.0 Å². The van der Waals surface area contributed by atoms with Crippen LogP contribution >= 0.6 is 0 Å². The fraction of sp³-hybridized carbons (Fsp3) is 0.429. The number of rotatable bonds is 3. The average Bonchev–Trinajstić information content (AvgIpc) is 2.50. The van der Waals surface area contributed by atoms with Gasteiger partial charge in [0.05, 0.1) is 0 Å². The van der Waals surface area contributed by atoms with Gasteiger partial charge < -0.3 is 10.2 Å². The van der Waals surface area contributed by atoms with Gasteiger partial charge in [-0.25, -0.2) is 4.39 Å². The molecule has 0 spiro atoms. The molecule has 4 nitrogen and oxygen atoms in total. The largest absolute Gasteiger partial charge is 0.345 e. The van der Waals surface area contributed by atoms with Gasteiger partial charge in [0.1, 0.15) is 11.9 Å². The molecule has 1 heterocycles. The molecule has 1 saturated heterocycles. The van der Waals surface area contributed by atoms with Crippen LogP contribution in [0.1, 0.15) is 18.9 Å². The van der Waals surface area contributed by atoms with E-state index >= 15 is 0 Å². The topological polar surface area (TPSA) is 49.4 Å². The second kappa shape index (κ2) is 5.82. The maximum Gasteiger partial charge on any atom is 0.244 e. The Kier molecular flexibility index (Phi) is 4.14. The normalized spacial score (nSPS) is 20.1. The molecule has 0 aromatic heterocycles. The highest BCUT2D eigenvalue weighted by Gasteiger charge is 2.26. The standard InChI is InChI=1S/C14H17FN2O2/c1-10-14(19)17(9-7-13(18)16-10)8-6-11-4-2-3-5-12(11)15/h2-5,10H,6-9H2,1H3,(H,16,18). The number of benzene rings is 1. The molecule has 0 bridgehead atoms. The number of hydrogen-bond acceptors (Lipinski definition) is 2. The maximum atomic E-state index is 13.5. The van der Waals surface area contributed by atoms with E-state index in [4.69, 9.17) is 0 Å². The summed E-state index contributed by atoms with van der Waals surface area (Å²) >= 11 is 0. The van der Waals surface area contributed by atoms with Gasteiger partial charge in [0, 0.05) is 19.5 Å². The van der Waals surface area contributed by atoms with Crippen molar-refractivity contribution in [3.05, 3.63) is 35.6 Å². The van der Waals surface area contributed by atoms with Crippen LogP contribution in [0.4, 0.5) is 4.39 Å². The molecule has 102 valence electrons. The van der Waals surface area contributed by atoms with E-state index in [2.05, 4.69) is 5.32 Å². The minimum atomic E-state index is -0.504. The molecule has 1 aliphatic heterocycles. The molecule has 1 aliphatic rings. The number of carbonyl (C=O) groups is 2. The quantitative estimate of drug-likeness (QED) is 0.889. The lowest BCUT2D eigenvalue weighted by Crippen LogP contribution is -2.43.